The van der Waals surface area contributed by atoms with Crippen molar-refractivity contribution in [3.63, 3.8) is 0 Å². The molecule has 70 valence electrons. The molecule has 0 spiro atoms. The molecular weight excluding hydrogens is 196 g/mol. The molecule has 1 aromatic heterocycles. The molecule has 1 aromatic carbocycles. The second-order valence-corrected chi connectivity index (χ2v) is 3.82. The quantitative estimate of drug-likeness (QED) is 0.744. The Balaban J connectivity index is 2.89. The molecule has 0 unspecified atom stereocenters. The van der Waals surface area contributed by atoms with Crippen LogP contribution in [0.4, 0.5) is 5.69 Å². The van der Waals surface area contributed by atoms with Gasteiger partial charge < -0.3 is 10.8 Å². The first-order valence-corrected chi connectivity index (χ1v) is 4.95. The van der Waals surface area contributed by atoms with Crippen LogP contribution in [-0.2, 0) is 6.61 Å². The standard InChI is InChI=1S/C10H8N2OS/c11-3-6-1-2-7(4-13)10-9(6)8(12)5-14-10/h1-2,5,13H,4,12H2. The van der Waals surface area contributed by atoms with E-state index in [4.69, 9.17) is 16.1 Å². The molecule has 0 fully saturated rings. The van der Waals surface area contributed by atoms with E-state index in [-0.39, 0.29) is 6.61 Å². The number of fused-ring (bicyclic) bond motifs is 1. The first-order chi connectivity index (χ1) is 6.77. The molecule has 2 aromatic rings. The zero-order valence-electron chi connectivity index (χ0n) is 7.32. The van der Waals surface area contributed by atoms with Crippen LogP contribution in [0.2, 0.25) is 0 Å². The number of nitriles is 1. The molecule has 1 heterocycles. The highest BCUT2D eigenvalue weighted by Gasteiger charge is 2.09. The van der Waals surface area contributed by atoms with E-state index < -0.39 is 0 Å². The minimum Gasteiger partial charge on any atom is -0.398 e. The lowest BCUT2D eigenvalue weighted by molar-refractivity contribution is 0.283. The molecule has 2 rings (SSSR count). The van der Waals surface area contributed by atoms with Crippen LogP contribution >= 0.6 is 11.3 Å². The van der Waals surface area contributed by atoms with Gasteiger partial charge >= 0.3 is 0 Å². The van der Waals surface area contributed by atoms with Crippen molar-refractivity contribution in [2.45, 2.75) is 6.61 Å². The number of benzene rings is 1. The Morgan fingerprint density at radius 2 is 2.29 bits per heavy atom. The number of aliphatic hydroxyl groups excluding tert-OH is 1. The monoisotopic (exact) mass is 204 g/mol. The van der Waals surface area contributed by atoms with Gasteiger partial charge in [-0.1, -0.05) is 6.07 Å². The second-order valence-electron chi connectivity index (χ2n) is 2.94. The number of anilines is 1. The van der Waals surface area contributed by atoms with Crippen molar-refractivity contribution in [3.8, 4) is 6.07 Å². The molecule has 3 nitrogen and oxygen atoms in total. The molecule has 0 aliphatic carbocycles. The Labute approximate surface area is 85.0 Å². The Kier molecular flexibility index (Phi) is 2.12. The predicted molar refractivity (Wildman–Crippen MR) is 56.9 cm³/mol. The van der Waals surface area contributed by atoms with Crippen molar-refractivity contribution in [2.75, 3.05) is 5.73 Å². The maximum Gasteiger partial charge on any atom is 0.0999 e. The third-order valence-corrected chi connectivity index (χ3v) is 3.20. The number of rotatable bonds is 1. The molecule has 4 heteroatoms. The van der Waals surface area contributed by atoms with E-state index in [0.29, 0.717) is 11.3 Å². The van der Waals surface area contributed by atoms with Gasteiger partial charge in [-0.05, 0) is 11.6 Å². The average Bonchev–Trinajstić information content (AvgIpc) is 2.60. The van der Waals surface area contributed by atoms with Crippen LogP contribution in [0.3, 0.4) is 0 Å². The minimum atomic E-state index is -0.0256. The summed E-state index contributed by atoms with van der Waals surface area (Å²) in [5.41, 5.74) is 7.75. The molecule has 3 N–H and O–H groups in total. The average molecular weight is 204 g/mol. The molecule has 0 aliphatic heterocycles. The van der Waals surface area contributed by atoms with Gasteiger partial charge in [-0.25, -0.2) is 0 Å². The number of aliphatic hydroxyl groups is 1. The fraction of sp³-hybridized carbons (Fsp3) is 0.100. The van der Waals surface area contributed by atoms with Gasteiger partial charge in [0.15, 0.2) is 0 Å². The van der Waals surface area contributed by atoms with Gasteiger partial charge in [-0.15, -0.1) is 11.3 Å². The Bertz CT molecular complexity index is 525. The van der Waals surface area contributed by atoms with Gasteiger partial charge in [0.2, 0.25) is 0 Å². The maximum atomic E-state index is 9.09. The fourth-order valence-electron chi connectivity index (χ4n) is 1.45. The lowest BCUT2D eigenvalue weighted by Crippen LogP contribution is -1.88. The first-order valence-electron chi connectivity index (χ1n) is 4.07. The molecule has 0 amide bonds. The van der Waals surface area contributed by atoms with E-state index >= 15 is 0 Å². The lowest BCUT2D eigenvalue weighted by Gasteiger charge is -2.00. The molecule has 0 bridgehead atoms. The Hall–Kier alpha value is -1.57. The summed E-state index contributed by atoms with van der Waals surface area (Å²) >= 11 is 1.46. The smallest absolute Gasteiger partial charge is 0.0999 e. The minimum absolute atomic E-state index is 0.0256. The zero-order chi connectivity index (χ0) is 10.1. The topological polar surface area (TPSA) is 70.0 Å². The van der Waals surface area contributed by atoms with Crippen LogP contribution < -0.4 is 5.73 Å². The van der Waals surface area contributed by atoms with Gasteiger partial charge in [0.05, 0.1) is 23.9 Å². The van der Waals surface area contributed by atoms with Crippen molar-refractivity contribution < 1.29 is 5.11 Å². The van der Waals surface area contributed by atoms with E-state index in [1.165, 1.54) is 11.3 Å². The van der Waals surface area contributed by atoms with E-state index in [9.17, 15) is 0 Å². The molecule has 14 heavy (non-hydrogen) atoms. The summed E-state index contributed by atoms with van der Waals surface area (Å²) in [6.07, 6.45) is 0. The van der Waals surface area contributed by atoms with Gasteiger partial charge in [0.1, 0.15) is 0 Å². The second kappa shape index (κ2) is 3.29. The predicted octanol–water partition coefficient (Wildman–Crippen LogP) is 1.85. The van der Waals surface area contributed by atoms with Gasteiger partial charge in [-0.3, -0.25) is 0 Å². The summed E-state index contributed by atoms with van der Waals surface area (Å²) in [7, 11) is 0. The summed E-state index contributed by atoms with van der Waals surface area (Å²) < 4.78 is 0.907. The molecule has 0 aliphatic rings. The van der Waals surface area contributed by atoms with Crippen molar-refractivity contribution in [3.05, 3.63) is 28.6 Å². The van der Waals surface area contributed by atoms with Crippen LogP contribution in [-0.4, -0.2) is 5.11 Å². The summed E-state index contributed by atoms with van der Waals surface area (Å²) in [6, 6.07) is 5.55. The lowest BCUT2D eigenvalue weighted by atomic mass is 10.1. The fourth-order valence-corrected chi connectivity index (χ4v) is 2.44. The zero-order valence-corrected chi connectivity index (χ0v) is 8.14. The van der Waals surface area contributed by atoms with Crippen LogP contribution in [0.25, 0.3) is 10.1 Å². The Morgan fingerprint density at radius 1 is 1.50 bits per heavy atom. The van der Waals surface area contributed by atoms with Crippen LogP contribution in [0.1, 0.15) is 11.1 Å². The van der Waals surface area contributed by atoms with Crippen LogP contribution in [0, 0.1) is 11.3 Å². The van der Waals surface area contributed by atoms with Gasteiger partial charge in [0.25, 0.3) is 0 Å². The number of hydrogen-bond donors (Lipinski definition) is 2. The van der Waals surface area contributed by atoms with E-state index in [1.54, 1.807) is 17.5 Å². The number of nitrogens with zero attached hydrogens (tertiary/aromatic N) is 1. The number of thiophene rings is 1. The highest BCUT2D eigenvalue weighted by Crippen LogP contribution is 2.33. The van der Waals surface area contributed by atoms with E-state index in [1.807, 2.05) is 0 Å². The molecule has 0 radical (unpaired) electrons. The third kappa shape index (κ3) is 1.15. The summed E-state index contributed by atoms with van der Waals surface area (Å²) in [6.45, 7) is -0.0256. The summed E-state index contributed by atoms with van der Waals surface area (Å²) in [5.74, 6) is 0. The van der Waals surface area contributed by atoms with Crippen molar-refractivity contribution in [1.29, 1.82) is 5.26 Å². The van der Waals surface area contributed by atoms with E-state index in [2.05, 4.69) is 6.07 Å². The molecular formula is C10H8N2OS. The normalized spacial score (nSPS) is 10.3. The molecule has 0 saturated heterocycles. The molecule has 0 saturated carbocycles. The number of nitrogen functional groups attached to an aromatic ring is 1. The van der Waals surface area contributed by atoms with Crippen molar-refractivity contribution >= 4 is 27.1 Å². The highest BCUT2D eigenvalue weighted by atomic mass is 32.1. The van der Waals surface area contributed by atoms with Gasteiger partial charge in [0, 0.05) is 15.5 Å². The number of hydrogen-bond acceptors (Lipinski definition) is 4. The van der Waals surface area contributed by atoms with E-state index in [0.717, 1.165) is 15.6 Å². The molecule has 0 atom stereocenters. The Morgan fingerprint density at radius 3 is 2.93 bits per heavy atom. The van der Waals surface area contributed by atoms with Crippen molar-refractivity contribution in [2.24, 2.45) is 0 Å². The maximum absolute atomic E-state index is 9.09. The summed E-state index contributed by atoms with van der Waals surface area (Å²) in [5, 5.41) is 20.5. The van der Waals surface area contributed by atoms with Crippen molar-refractivity contribution in [1.82, 2.24) is 0 Å². The summed E-state index contributed by atoms with van der Waals surface area (Å²) in [4.78, 5) is 0. The van der Waals surface area contributed by atoms with Crippen LogP contribution in [0.5, 0.6) is 0 Å². The van der Waals surface area contributed by atoms with Gasteiger partial charge in [-0.2, -0.15) is 5.26 Å². The first kappa shape index (κ1) is 9.00. The third-order valence-electron chi connectivity index (χ3n) is 2.12. The SMILES string of the molecule is N#Cc1ccc(CO)c2scc(N)c12. The van der Waals surface area contributed by atoms with Crippen LogP contribution in [0.15, 0.2) is 17.5 Å². The largest absolute Gasteiger partial charge is 0.398 e. The highest BCUT2D eigenvalue weighted by molar-refractivity contribution is 7.18. The number of nitrogens with two attached hydrogens (primary N) is 1.